The number of sulfonamides is 1. The Morgan fingerprint density at radius 3 is 2.81 bits per heavy atom. The van der Waals surface area contributed by atoms with E-state index in [2.05, 4.69) is 4.72 Å². The topological polar surface area (TPSA) is 119 Å². The molecule has 0 bridgehead atoms. The van der Waals surface area contributed by atoms with Crippen LogP contribution in [0.1, 0.15) is 13.3 Å². The molecule has 2 N–H and O–H groups in total. The fourth-order valence-corrected chi connectivity index (χ4v) is 3.27. The molecular weight excluding hydrogens is 300 g/mol. The number of ether oxygens (including phenoxy) is 1. The second-order valence-corrected chi connectivity index (χ2v) is 6.65. The molecule has 2 atom stereocenters. The lowest BCUT2D eigenvalue weighted by Gasteiger charge is -2.14. The SMILES string of the molecule is CC1OCCC1CNS(=O)(=O)c1ccc(O)c([N+](=O)[O-])c1. The number of nitrogens with one attached hydrogen (secondary N) is 1. The normalized spacial score (nSPS) is 22.3. The molecule has 0 amide bonds. The third kappa shape index (κ3) is 3.49. The molecule has 1 aromatic carbocycles. The summed E-state index contributed by atoms with van der Waals surface area (Å²) >= 11 is 0. The van der Waals surface area contributed by atoms with Crippen LogP contribution in [0.25, 0.3) is 0 Å². The van der Waals surface area contributed by atoms with Crippen LogP contribution >= 0.6 is 0 Å². The smallest absolute Gasteiger partial charge is 0.312 e. The van der Waals surface area contributed by atoms with Crippen LogP contribution in [0.3, 0.4) is 0 Å². The highest BCUT2D eigenvalue weighted by Crippen LogP contribution is 2.28. The van der Waals surface area contributed by atoms with Crippen molar-refractivity contribution in [3.05, 3.63) is 28.3 Å². The number of benzene rings is 1. The Labute approximate surface area is 121 Å². The molecule has 1 aliphatic heterocycles. The second kappa shape index (κ2) is 5.96. The minimum atomic E-state index is -3.87. The number of nitro groups is 1. The summed E-state index contributed by atoms with van der Waals surface area (Å²) in [5, 5.41) is 20.1. The van der Waals surface area contributed by atoms with Crippen molar-refractivity contribution < 1.29 is 23.2 Å². The maximum absolute atomic E-state index is 12.1. The summed E-state index contributed by atoms with van der Waals surface area (Å²) in [7, 11) is -3.87. The van der Waals surface area contributed by atoms with Crippen molar-refractivity contribution in [3.63, 3.8) is 0 Å². The van der Waals surface area contributed by atoms with Crippen LogP contribution in [0, 0.1) is 16.0 Å². The number of phenolic OH excluding ortho intramolecular Hbond substituents is 1. The number of nitrogens with zero attached hydrogens (tertiary/aromatic N) is 1. The number of nitro benzene ring substituents is 1. The van der Waals surface area contributed by atoms with Gasteiger partial charge in [-0.1, -0.05) is 0 Å². The number of rotatable bonds is 5. The molecule has 0 aromatic heterocycles. The van der Waals surface area contributed by atoms with Gasteiger partial charge in [0, 0.05) is 25.1 Å². The first-order valence-electron chi connectivity index (χ1n) is 6.40. The Hall–Kier alpha value is -1.71. The van der Waals surface area contributed by atoms with Crippen molar-refractivity contribution in [2.75, 3.05) is 13.2 Å². The van der Waals surface area contributed by atoms with E-state index in [1.165, 1.54) is 0 Å². The highest BCUT2D eigenvalue weighted by molar-refractivity contribution is 7.89. The van der Waals surface area contributed by atoms with Crippen molar-refractivity contribution in [1.82, 2.24) is 4.72 Å². The van der Waals surface area contributed by atoms with Gasteiger partial charge in [0.15, 0.2) is 5.75 Å². The summed E-state index contributed by atoms with van der Waals surface area (Å²) in [4.78, 5) is 9.64. The minimum Gasteiger partial charge on any atom is -0.502 e. The van der Waals surface area contributed by atoms with Crippen LogP contribution in [0.15, 0.2) is 23.1 Å². The number of aromatic hydroxyl groups is 1. The molecule has 2 rings (SSSR count). The van der Waals surface area contributed by atoms with Gasteiger partial charge in [-0.05, 0) is 25.5 Å². The molecule has 21 heavy (non-hydrogen) atoms. The lowest BCUT2D eigenvalue weighted by Crippen LogP contribution is -2.32. The predicted octanol–water partition coefficient (Wildman–Crippen LogP) is 1.00. The average molecular weight is 316 g/mol. The molecular formula is C12H16N2O6S. The first kappa shape index (κ1) is 15.7. The molecule has 0 radical (unpaired) electrons. The van der Waals surface area contributed by atoms with Crippen LogP contribution in [0.2, 0.25) is 0 Å². The molecule has 1 aliphatic rings. The maximum atomic E-state index is 12.1. The number of hydrogen-bond acceptors (Lipinski definition) is 6. The molecule has 0 saturated carbocycles. The summed E-state index contributed by atoms with van der Waals surface area (Å²) in [5.74, 6) is -0.497. The Balaban J connectivity index is 2.15. The van der Waals surface area contributed by atoms with Crippen molar-refractivity contribution in [2.45, 2.75) is 24.3 Å². The van der Waals surface area contributed by atoms with Crippen molar-refractivity contribution in [3.8, 4) is 5.75 Å². The predicted molar refractivity (Wildman–Crippen MR) is 73.5 cm³/mol. The van der Waals surface area contributed by atoms with E-state index in [0.29, 0.717) is 6.61 Å². The minimum absolute atomic E-state index is 0.0261. The fourth-order valence-electron chi connectivity index (χ4n) is 2.16. The van der Waals surface area contributed by atoms with Gasteiger partial charge in [-0.3, -0.25) is 10.1 Å². The highest BCUT2D eigenvalue weighted by Gasteiger charge is 2.27. The van der Waals surface area contributed by atoms with E-state index in [4.69, 9.17) is 4.74 Å². The van der Waals surface area contributed by atoms with E-state index >= 15 is 0 Å². The van der Waals surface area contributed by atoms with Crippen molar-refractivity contribution >= 4 is 15.7 Å². The molecule has 1 saturated heterocycles. The van der Waals surface area contributed by atoms with Gasteiger partial charge in [0.05, 0.1) is 15.9 Å². The van der Waals surface area contributed by atoms with E-state index in [1.54, 1.807) is 0 Å². The molecule has 1 heterocycles. The second-order valence-electron chi connectivity index (χ2n) is 4.88. The van der Waals surface area contributed by atoms with Crippen LogP contribution in [-0.2, 0) is 14.8 Å². The van der Waals surface area contributed by atoms with Crippen LogP contribution < -0.4 is 4.72 Å². The molecule has 9 heteroatoms. The molecule has 2 unspecified atom stereocenters. The lowest BCUT2D eigenvalue weighted by atomic mass is 10.0. The third-order valence-corrected chi connectivity index (χ3v) is 4.94. The van der Waals surface area contributed by atoms with Crippen LogP contribution in [0.4, 0.5) is 5.69 Å². The number of phenols is 1. The molecule has 1 aromatic rings. The fraction of sp³-hybridized carbons (Fsp3) is 0.500. The summed E-state index contributed by atoms with van der Waals surface area (Å²) in [6.07, 6.45) is 0.737. The summed E-state index contributed by atoms with van der Waals surface area (Å²) in [5.41, 5.74) is -0.643. The van der Waals surface area contributed by atoms with Crippen LogP contribution in [-0.4, -0.2) is 37.7 Å². The van der Waals surface area contributed by atoms with Gasteiger partial charge in [-0.2, -0.15) is 0 Å². The van der Waals surface area contributed by atoms with E-state index in [1.807, 2.05) is 6.92 Å². The molecule has 116 valence electrons. The van der Waals surface area contributed by atoms with Gasteiger partial charge in [-0.25, -0.2) is 13.1 Å². The zero-order valence-electron chi connectivity index (χ0n) is 11.4. The number of hydrogen-bond donors (Lipinski definition) is 2. The average Bonchev–Trinajstić information content (AvgIpc) is 2.82. The van der Waals surface area contributed by atoms with Gasteiger partial charge >= 0.3 is 5.69 Å². The first-order chi connectivity index (χ1) is 9.81. The van der Waals surface area contributed by atoms with Gasteiger partial charge in [0.1, 0.15) is 0 Å². The summed E-state index contributed by atoms with van der Waals surface area (Å²) in [6, 6.07) is 2.96. The highest BCUT2D eigenvalue weighted by atomic mass is 32.2. The van der Waals surface area contributed by atoms with Gasteiger partial charge in [-0.15, -0.1) is 0 Å². The largest absolute Gasteiger partial charge is 0.502 e. The first-order valence-corrected chi connectivity index (χ1v) is 7.88. The lowest BCUT2D eigenvalue weighted by molar-refractivity contribution is -0.386. The maximum Gasteiger partial charge on any atom is 0.312 e. The monoisotopic (exact) mass is 316 g/mol. The quantitative estimate of drug-likeness (QED) is 0.618. The Kier molecular flexibility index (Phi) is 4.45. The van der Waals surface area contributed by atoms with Crippen molar-refractivity contribution in [2.24, 2.45) is 5.92 Å². The Morgan fingerprint density at radius 2 is 2.24 bits per heavy atom. The standard InChI is InChI=1S/C12H16N2O6S/c1-8-9(4-5-20-8)7-13-21(18,19)10-2-3-12(15)11(6-10)14(16)17/h2-3,6,8-9,13,15H,4-5,7H2,1H3. The summed E-state index contributed by atoms with van der Waals surface area (Å²) in [6.45, 7) is 2.67. The molecule has 0 spiro atoms. The summed E-state index contributed by atoms with van der Waals surface area (Å²) < 4.78 is 32.0. The van der Waals surface area contributed by atoms with Crippen LogP contribution in [0.5, 0.6) is 5.75 Å². The van der Waals surface area contributed by atoms with Gasteiger partial charge in [0.25, 0.3) is 0 Å². The van der Waals surface area contributed by atoms with Gasteiger partial charge in [0.2, 0.25) is 10.0 Å². The Morgan fingerprint density at radius 1 is 1.52 bits per heavy atom. The third-order valence-electron chi connectivity index (χ3n) is 3.52. The van der Waals surface area contributed by atoms with E-state index < -0.39 is 26.4 Å². The van der Waals surface area contributed by atoms with E-state index in [-0.39, 0.29) is 23.5 Å². The van der Waals surface area contributed by atoms with Crippen molar-refractivity contribution in [1.29, 1.82) is 0 Å². The zero-order valence-corrected chi connectivity index (χ0v) is 12.2. The zero-order chi connectivity index (χ0) is 15.6. The Bertz CT molecular complexity index is 645. The molecule has 8 nitrogen and oxygen atoms in total. The van der Waals surface area contributed by atoms with E-state index in [0.717, 1.165) is 24.6 Å². The van der Waals surface area contributed by atoms with Gasteiger partial charge < -0.3 is 9.84 Å². The molecule has 0 aliphatic carbocycles. The van der Waals surface area contributed by atoms with E-state index in [9.17, 15) is 23.6 Å². The molecule has 1 fully saturated rings.